The first-order chi connectivity index (χ1) is 8.81. The summed E-state index contributed by atoms with van der Waals surface area (Å²) in [7, 11) is 0. The fourth-order valence-corrected chi connectivity index (χ4v) is 2.53. The summed E-state index contributed by atoms with van der Waals surface area (Å²) in [4.78, 5) is 0. The van der Waals surface area contributed by atoms with Gasteiger partial charge >= 0.3 is 0 Å². The first-order valence-corrected chi connectivity index (χ1v) is 7.55. The molecule has 1 N–H and O–H groups in total. The van der Waals surface area contributed by atoms with E-state index in [0.29, 0.717) is 0 Å². The maximum Gasteiger partial charge on any atom is 0.0491 e. The summed E-state index contributed by atoms with van der Waals surface area (Å²) in [6.45, 7) is 5.58. The normalized spacial score (nSPS) is 11.2. The van der Waals surface area contributed by atoms with E-state index in [2.05, 4.69) is 63.2 Å². The van der Waals surface area contributed by atoms with E-state index in [1.807, 2.05) is 0 Å². The summed E-state index contributed by atoms with van der Waals surface area (Å²) < 4.78 is 3.50. The number of rotatable bonds is 7. The molecule has 0 aliphatic heterocycles. The van der Waals surface area contributed by atoms with Crippen LogP contribution in [0.4, 0.5) is 0 Å². The topological polar surface area (TPSA) is 17.0 Å². The molecule has 0 bridgehead atoms. The van der Waals surface area contributed by atoms with E-state index in [0.717, 1.165) is 24.1 Å². The minimum absolute atomic E-state index is 1.10. The molecular formula is C15H21BrN2. The van der Waals surface area contributed by atoms with Crippen molar-refractivity contribution < 1.29 is 0 Å². The van der Waals surface area contributed by atoms with Gasteiger partial charge in [-0.15, -0.1) is 0 Å². The monoisotopic (exact) mass is 308 g/mol. The van der Waals surface area contributed by atoms with Crippen molar-refractivity contribution in [1.29, 1.82) is 0 Å². The summed E-state index contributed by atoms with van der Waals surface area (Å²) in [5, 5.41) is 4.77. The van der Waals surface area contributed by atoms with E-state index in [4.69, 9.17) is 0 Å². The summed E-state index contributed by atoms with van der Waals surface area (Å²) >= 11 is 3.54. The molecule has 1 heterocycles. The van der Waals surface area contributed by atoms with E-state index in [9.17, 15) is 0 Å². The number of unbranched alkanes of at least 4 members (excludes halogenated alkanes) is 1. The molecule has 0 saturated heterocycles. The average molecular weight is 309 g/mol. The van der Waals surface area contributed by atoms with E-state index in [1.54, 1.807) is 0 Å². The van der Waals surface area contributed by atoms with Crippen LogP contribution < -0.4 is 5.32 Å². The second-order valence-corrected chi connectivity index (χ2v) is 5.59. The molecular weight excluding hydrogens is 288 g/mol. The number of hydrogen-bond donors (Lipinski definition) is 1. The maximum atomic E-state index is 3.54. The van der Waals surface area contributed by atoms with Crippen LogP contribution in [-0.2, 0) is 6.54 Å². The lowest BCUT2D eigenvalue weighted by Gasteiger charge is -2.06. The molecule has 0 fully saturated rings. The molecule has 0 atom stereocenters. The zero-order chi connectivity index (χ0) is 12.8. The average Bonchev–Trinajstić information content (AvgIpc) is 2.76. The summed E-state index contributed by atoms with van der Waals surface area (Å²) in [6.07, 6.45) is 5.88. The van der Waals surface area contributed by atoms with Gasteiger partial charge in [0, 0.05) is 22.7 Å². The molecule has 0 amide bonds. The number of nitrogens with zero attached hydrogens (tertiary/aromatic N) is 1. The molecule has 0 saturated carbocycles. The minimum Gasteiger partial charge on any atom is -0.347 e. The highest BCUT2D eigenvalue weighted by Gasteiger charge is 2.01. The largest absolute Gasteiger partial charge is 0.347 e. The molecule has 3 heteroatoms. The highest BCUT2D eigenvalue weighted by Crippen LogP contribution is 2.21. The van der Waals surface area contributed by atoms with Gasteiger partial charge in [0.05, 0.1) is 0 Å². The molecule has 2 aromatic rings. The number of halogens is 1. The Kier molecular flexibility index (Phi) is 5.26. The van der Waals surface area contributed by atoms with Crippen LogP contribution in [0.1, 0.15) is 26.2 Å². The quantitative estimate of drug-likeness (QED) is 0.759. The van der Waals surface area contributed by atoms with Crippen LogP contribution in [-0.4, -0.2) is 17.7 Å². The summed E-state index contributed by atoms with van der Waals surface area (Å²) in [5.74, 6) is 0. The number of aryl methyl sites for hydroxylation is 1. The van der Waals surface area contributed by atoms with Crippen molar-refractivity contribution in [1.82, 2.24) is 9.88 Å². The Morgan fingerprint density at radius 2 is 2.06 bits per heavy atom. The van der Waals surface area contributed by atoms with Crippen LogP contribution in [0.5, 0.6) is 0 Å². The van der Waals surface area contributed by atoms with Crippen LogP contribution in [0.3, 0.4) is 0 Å². The van der Waals surface area contributed by atoms with Gasteiger partial charge in [0.2, 0.25) is 0 Å². The first kappa shape index (κ1) is 13.6. The second-order valence-electron chi connectivity index (χ2n) is 4.67. The van der Waals surface area contributed by atoms with Gasteiger partial charge < -0.3 is 9.88 Å². The zero-order valence-corrected chi connectivity index (χ0v) is 12.5. The van der Waals surface area contributed by atoms with Gasteiger partial charge in [-0.2, -0.15) is 0 Å². The molecule has 0 radical (unpaired) electrons. The number of benzene rings is 1. The third-order valence-electron chi connectivity index (χ3n) is 3.17. The van der Waals surface area contributed by atoms with E-state index in [1.165, 1.54) is 30.2 Å². The van der Waals surface area contributed by atoms with Gasteiger partial charge in [-0.25, -0.2) is 0 Å². The molecule has 0 spiro atoms. The van der Waals surface area contributed by atoms with Crippen molar-refractivity contribution in [2.45, 2.75) is 32.7 Å². The van der Waals surface area contributed by atoms with Crippen molar-refractivity contribution in [3.05, 3.63) is 34.9 Å². The molecule has 18 heavy (non-hydrogen) atoms. The van der Waals surface area contributed by atoms with E-state index >= 15 is 0 Å². The lowest BCUT2D eigenvalue weighted by molar-refractivity contribution is 0.574. The summed E-state index contributed by atoms with van der Waals surface area (Å²) in [5.41, 5.74) is 1.32. The SMILES string of the molecule is CCCNCCCCn1ccc2ccc(Br)cc21. The van der Waals surface area contributed by atoms with Gasteiger partial charge in [0.25, 0.3) is 0 Å². The van der Waals surface area contributed by atoms with Crippen LogP contribution in [0.25, 0.3) is 10.9 Å². The predicted octanol–water partition coefficient (Wildman–Crippen LogP) is 4.18. The first-order valence-electron chi connectivity index (χ1n) is 6.76. The van der Waals surface area contributed by atoms with Crippen LogP contribution in [0, 0.1) is 0 Å². The Balaban J connectivity index is 1.86. The Bertz CT molecular complexity index is 490. The number of nitrogens with one attached hydrogen (secondary N) is 1. The molecule has 0 aliphatic carbocycles. The van der Waals surface area contributed by atoms with Gasteiger partial charge in [0.1, 0.15) is 0 Å². The minimum atomic E-state index is 1.10. The van der Waals surface area contributed by atoms with Crippen molar-refractivity contribution in [3.8, 4) is 0 Å². The molecule has 0 aliphatic rings. The molecule has 0 unspecified atom stereocenters. The molecule has 2 rings (SSSR count). The van der Waals surface area contributed by atoms with Crippen LogP contribution in [0.2, 0.25) is 0 Å². The second kappa shape index (κ2) is 6.95. The third kappa shape index (κ3) is 3.59. The fraction of sp³-hybridized carbons (Fsp3) is 0.467. The highest BCUT2D eigenvalue weighted by molar-refractivity contribution is 9.10. The van der Waals surface area contributed by atoms with E-state index in [-0.39, 0.29) is 0 Å². The molecule has 1 aromatic heterocycles. The highest BCUT2D eigenvalue weighted by atomic mass is 79.9. The van der Waals surface area contributed by atoms with Crippen molar-refractivity contribution in [2.24, 2.45) is 0 Å². The molecule has 98 valence electrons. The molecule has 1 aromatic carbocycles. The van der Waals surface area contributed by atoms with Crippen LogP contribution >= 0.6 is 15.9 Å². The van der Waals surface area contributed by atoms with Gasteiger partial charge in [-0.1, -0.05) is 28.9 Å². The maximum absolute atomic E-state index is 3.54. The third-order valence-corrected chi connectivity index (χ3v) is 3.66. The van der Waals surface area contributed by atoms with Gasteiger partial charge in [-0.3, -0.25) is 0 Å². The fourth-order valence-electron chi connectivity index (χ4n) is 2.19. The Morgan fingerprint density at radius 1 is 1.17 bits per heavy atom. The van der Waals surface area contributed by atoms with Gasteiger partial charge in [-0.05, 0) is 55.9 Å². The Morgan fingerprint density at radius 3 is 2.89 bits per heavy atom. The van der Waals surface area contributed by atoms with Gasteiger partial charge in [0.15, 0.2) is 0 Å². The van der Waals surface area contributed by atoms with Crippen molar-refractivity contribution >= 4 is 26.8 Å². The summed E-state index contributed by atoms with van der Waals surface area (Å²) in [6, 6.07) is 8.65. The standard InChI is InChI=1S/C15H21BrN2/c1-2-8-17-9-3-4-10-18-11-7-13-5-6-14(16)12-15(13)18/h5-7,11-12,17H,2-4,8-10H2,1H3. The van der Waals surface area contributed by atoms with Crippen molar-refractivity contribution in [2.75, 3.05) is 13.1 Å². The zero-order valence-electron chi connectivity index (χ0n) is 11.0. The van der Waals surface area contributed by atoms with E-state index < -0.39 is 0 Å². The Labute approximate surface area is 118 Å². The van der Waals surface area contributed by atoms with Crippen molar-refractivity contribution in [3.63, 3.8) is 0 Å². The Hall–Kier alpha value is -0.800. The smallest absolute Gasteiger partial charge is 0.0491 e. The number of aromatic nitrogens is 1. The molecule has 2 nitrogen and oxygen atoms in total. The number of fused-ring (bicyclic) bond motifs is 1. The lowest BCUT2D eigenvalue weighted by Crippen LogP contribution is -2.16. The lowest BCUT2D eigenvalue weighted by atomic mass is 10.2. The number of hydrogen-bond acceptors (Lipinski definition) is 1. The predicted molar refractivity (Wildman–Crippen MR) is 82.0 cm³/mol. The van der Waals surface area contributed by atoms with Crippen LogP contribution in [0.15, 0.2) is 34.9 Å².